The summed E-state index contributed by atoms with van der Waals surface area (Å²) in [7, 11) is 0. The van der Waals surface area contributed by atoms with Crippen LogP contribution >= 0.6 is 0 Å². The molecular weight excluding hydrogens is 456 g/mol. The van der Waals surface area contributed by atoms with Crippen LogP contribution in [0, 0.1) is 5.92 Å². The summed E-state index contributed by atoms with van der Waals surface area (Å²) in [6, 6.07) is 16.5. The van der Waals surface area contributed by atoms with E-state index < -0.39 is 12.1 Å². The smallest absolute Gasteiger partial charge is 0.408 e. The van der Waals surface area contributed by atoms with E-state index in [4.69, 9.17) is 4.74 Å². The van der Waals surface area contributed by atoms with Gasteiger partial charge in [0.15, 0.2) is 0 Å². The average molecular weight is 491 g/mol. The second kappa shape index (κ2) is 11.7. The molecule has 36 heavy (non-hydrogen) atoms. The van der Waals surface area contributed by atoms with Crippen molar-refractivity contribution in [3.8, 4) is 0 Å². The molecule has 1 aliphatic rings. The summed E-state index contributed by atoms with van der Waals surface area (Å²) in [6.07, 6.45) is 2.08. The van der Waals surface area contributed by atoms with Crippen LogP contribution in [0.5, 0.6) is 0 Å². The highest BCUT2D eigenvalue weighted by Crippen LogP contribution is 2.20. The first kappa shape index (κ1) is 25.3. The first-order valence-corrected chi connectivity index (χ1v) is 12.5. The number of alkyl carbamates (subject to hydrolysis) is 1. The standard InChI is InChI=1S/C28H34N4O4/c1-20(2)16-26(33)31-12-14-32(15-13-31)27(34)25(17-22-18-29-24-11-7-6-10-23(22)24)30-28(35)36-19-21-8-4-3-5-9-21/h3-11,18,20,25,29H,12-17,19H2,1-2H3,(H,30,35). The number of benzene rings is 2. The molecule has 3 aromatic rings. The van der Waals surface area contributed by atoms with Crippen LogP contribution in [0.2, 0.25) is 0 Å². The van der Waals surface area contributed by atoms with E-state index in [1.54, 1.807) is 4.90 Å². The zero-order chi connectivity index (χ0) is 25.5. The molecule has 8 heteroatoms. The van der Waals surface area contributed by atoms with Gasteiger partial charge in [-0.3, -0.25) is 9.59 Å². The normalized spacial score (nSPS) is 14.6. The zero-order valence-corrected chi connectivity index (χ0v) is 20.9. The number of ether oxygens (including phenoxy) is 1. The van der Waals surface area contributed by atoms with Crippen molar-refractivity contribution in [3.05, 3.63) is 71.9 Å². The van der Waals surface area contributed by atoms with Gasteiger partial charge in [0.05, 0.1) is 0 Å². The Hall–Kier alpha value is -3.81. The van der Waals surface area contributed by atoms with Crippen LogP contribution in [-0.2, 0) is 27.4 Å². The van der Waals surface area contributed by atoms with Crippen LogP contribution in [-0.4, -0.2) is 64.9 Å². The third-order valence-corrected chi connectivity index (χ3v) is 6.43. The fourth-order valence-corrected chi connectivity index (χ4v) is 4.50. The summed E-state index contributed by atoms with van der Waals surface area (Å²) in [6.45, 7) is 6.04. The van der Waals surface area contributed by atoms with Crippen molar-refractivity contribution in [1.82, 2.24) is 20.1 Å². The molecule has 0 saturated carbocycles. The van der Waals surface area contributed by atoms with Gasteiger partial charge in [0.25, 0.3) is 0 Å². The zero-order valence-electron chi connectivity index (χ0n) is 20.9. The second-order valence-electron chi connectivity index (χ2n) is 9.63. The topological polar surface area (TPSA) is 94.7 Å². The van der Waals surface area contributed by atoms with E-state index in [9.17, 15) is 14.4 Å². The Balaban J connectivity index is 1.44. The molecule has 3 amide bonds. The summed E-state index contributed by atoms with van der Waals surface area (Å²) in [5.74, 6) is 0.242. The van der Waals surface area contributed by atoms with Crippen molar-refractivity contribution in [3.63, 3.8) is 0 Å². The number of carbonyl (C=O) groups is 3. The van der Waals surface area contributed by atoms with E-state index in [1.807, 2.05) is 79.5 Å². The van der Waals surface area contributed by atoms with Crippen LogP contribution in [0.3, 0.4) is 0 Å². The summed E-state index contributed by atoms with van der Waals surface area (Å²) in [5, 5.41) is 3.81. The van der Waals surface area contributed by atoms with Crippen molar-refractivity contribution >= 4 is 28.8 Å². The quantitative estimate of drug-likeness (QED) is 0.503. The van der Waals surface area contributed by atoms with Crippen LogP contribution in [0.15, 0.2) is 60.8 Å². The SMILES string of the molecule is CC(C)CC(=O)N1CCN(C(=O)C(Cc2c[nH]c3ccccc23)NC(=O)OCc2ccccc2)CC1. The van der Waals surface area contributed by atoms with Gasteiger partial charge in [-0.15, -0.1) is 0 Å². The number of amides is 3. The van der Waals surface area contributed by atoms with Crippen molar-refractivity contribution in [2.45, 2.75) is 39.3 Å². The van der Waals surface area contributed by atoms with Gasteiger partial charge in [0.1, 0.15) is 12.6 Å². The molecule has 0 spiro atoms. The number of nitrogens with one attached hydrogen (secondary N) is 2. The lowest BCUT2D eigenvalue weighted by Gasteiger charge is -2.36. The minimum absolute atomic E-state index is 0.120. The first-order valence-electron chi connectivity index (χ1n) is 12.5. The van der Waals surface area contributed by atoms with E-state index in [0.29, 0.717) is 44.9 Å². The Labute approximate surface area is 211 Å². The number of para-hydroxylation sites is 1. The largest absolute Gasteiger partial charge is 0.445 e. The Morgan fingerprint density at radius 1 is 0.944 bits per heavy atom. The van der Waals surface area contributed by atoms with Gasteiger partial charge in [0.2, 0.25) is 11.8 Å². The highest BCUT2D eigenvalue weighted by Gasteiger charge is 2.31. The molecule has 1 fully saturated rings. The second-order valence-corrected chi connectivity index (χ2v) is 9.63. The predicted octanol–water partition coefficient (Wildman–Crippen LogP) is 3.72. The van der Waals surface area contributed by atoms with Crippen LogP contribution in [0.1, 0.15) is 31.4 Å². The number of nitrogens with zero attached hydrogens (tertiary/aromatic N) is 2. The molecule has 2 aromatic carbocycles. The monoisotopic (exact) mass is 490 g/mol. The molecule has 1 aliphatic heterocycles. The molecular formula is C28H34N4O4. The van der Waals surface area contributed by atoms with Gasteiger partial charge in [-0.2, -0.15) is 0 Å². The van der Waals surface area contributed by atoms with Gasteiger partial charge in [-0.1, -0.05) is 62.4 Å². The number of carbonyl (C=O) groups excluding carboxylic acids is 3. The minimum atomic E-state index is -0.787. The number of hydrogen-bond donors (Lipinski definition) is 2. The van der Waals surface area contributed by atoms with E-state index in [0.717, 1.165) is 22.0 Å². The molecule has 1 aromatic heterocycles. The Morgan fingerprint density at radius 3 is 2.33 bits per heavy atom. The highest BCUT2D eigenvalue weighted by molar-refractivity contribution is 5.88. The number of aromatic nitrogens is 1. The van der Waals surface area contributed by atoms with Gasteiger partial charge in [-0.05, 0) is 23.1 Å². The molecule has 0 aliphatic carbocycles. The van der Waals surface area contributed by atoms with E-state index in [2.05, 4.69) is 10.3 Å². The number of rotatable bonds is 8. The summed E-state index contributed by atoms with van der Waals surface area (Å²) >= 11 is 0. The van der Waals surface area contributed by atoms with E-state index in [1.165, 1.54) is 0 Å². The van der Waals surface area contributed by atoms with Crippen molar-refractivity contribution in [2.75, 3.05) is 26.2 Å². The molecule has 1 unspecified atom stereocenters. The fourth-order valence-electron chi connectivity index (χ4n) is 4.50. The highest BCUT2D eigenvalue weighted by atomic mass is 16.5. The Kier molecular flexibility index (Phi) is 8.25. The predicted molar refractivity (Wildman–Crippen MR) is 138 cm³/mol. The first-order chi connectivity index (χ1) is 17.4. The third-order valence-electron chi connectivity index (χ3n) is 6.43. The summed E-state index contributed by atoms with van der Waals surface area (Å²) in [5.41, 5.74) is 2.79. The molecule has 8 nitrogen and oxygen atoms in total. The van der Waals surface area contributed by atoms with Crippen LogP contribution in [0.25, 0.3) is 10.9 Å². The molecule has 4 rings (SSSR count). The lowest BCUT2D eigenvalue weighted by molar-refractivity contribution is -0.141. The Morgan fingerprint density at radius 2 is 1.61 bits per heavy atom. The van der Waals surface area contributed by atoms with Gasteiger partial charge in [-0.25, -0.2) is 4.79 Å². The number of piperazine rings is 1. The Bertz CT molecular complexity index is 1180. The molecule has 2 N–H and O–H groups in total. The number of hydrogen-bond acceptors (Lipinski definition) is 4. The van der Waals surface area contributed by atoms with Crippen molar-refractivity contribution in [1.29, 1.82) is 0 Å². The molecule has 190 valence electrons. The molecule has 0 radical (unpaired) electrons. The summed E-state index contributed by atoms with van der Waals surface area (Å²) in [4.78, 5) is 45.5. The lowest BCUT2D eigenvalue weighted by atomic mass is 10.0. The number of fused-ring (bicyclic) bond motifs is 1. The number of aromatic amines is 1. The van der Waals surface area contributed by atoms with Gasteiger partial charge in [0, 0.05) is 56.1 Å². The van der Waals surface area contributed by atoms with Crippen molar-refractivity contribution in [2.24, 2.45) is 5.92 Å². The van der Waals surface area contributed by atoms with E-state index >= 15 is 0 Å². The fraction of sp³-hybridized carbons (Fsp3) is 0.393. The number of H-pyrrole nitrogens is 1. The molecule has 1 atom stereocenters. The van der Waals surface area contributed by atoms with E-state index in [-0.39, 0.29) is 18.4 Å². The van der Waals surface area contributed by atoms with Gasteiger partial charge < -0.3 is 24.8 Å². The van der Waals surface area contributed by atoms with Crippen LogP contribution in [0.4, 0.5) is 4.79 Å². The molecule has 0 bridgehead atoms. The third kappa shape index (κ3) is 6.44. The summed E-state index contributed by atoms with van der Waals surface area (Å²) < 4.78 is 5.41. The van der Waals surface area contributed by atoms with Crippen LogP contribution < -0.4 is 5.32 Å². The average Bonchev–Trinajstić information content (AvgIpc) is 3.30. The maximum Gasteiger partial charge on any atom is 0.408 e. The minimum Gasteiger partial charge on any atom is -0.445 e. The maximum absolute atomic E-state index is 13.6. The van der Waals surface area contributed by atoms with Crippen molar-refractivity contribution < 1.29 is 19.1 Å². The van der Waals surface area contributed by atoms with Gasteiger partial charge >= 0.3 is 6.09 Å². The molecule has 1 saturated heterocycles. The maximum atomic E-state index is 13.6. The lowest BCUT2D eigenvalue weighted by Crippen LogP contribution is -2.56. The molecule has 2 heterocycles.